The average Bonchev–Trinajstić information content (AvgIpc) is 3.11. The summed E-state index contributed by atoms with van der Waals surface area (Å²) in [5.41, 5.74) is 1.27. The second-order valence-electron chi connectivity index (χ2n) is 11.3. The molecule has 0 aliphatic heterocycles. The van der Waals surface area contributed by atoms with Gasteiger partial charge in [-0.2, -0.15) is 0 Å². The van der Waals surface area contributed by atoms with Gasteiger partial charge in [-0.15, -0.1) is 0 Å². The van der Waals surface area contributed by atoms with E-state index in [1.165, 1.54) is 83.5 Å². The highest BCUT2D eigenvalue weighted by molar-refractivity contribution is 6.10. The second kappa shape index (κ2) is 25.6. The van der Waals surface area contributed by atoms with Crippen LogP contribution in [0.4, 0.5) is 0 Å². The summed E-state index contributed by atoms with van der Waals surface area (Å²) in [5, 5.41) is 9.68. The summed E-state index contributed by atoms with van der Waals surface area (Å²) < 4.78 is 15.8. The number of ketones is 2. The zero-order valence-corrected chi connectivity index (χ0v) is 29.5. The van der Waals surface area contributed by atoms with Crippen molar-refractivity contribution in [3.05, 3.63) is 133 Å². The SMILES string of the molecule is CCCCCCCCCC=CC=CC=CC=CC=CC=CC(=O)Oc1ccc(C=CC(=O)CC(=O)C=Cc2ccc(O)c(OC)c2)cc1OC. The van der Waals surface area contributed by atoms with Gasteiger partial charge in [0.1, 0.15) is 0 Å². The van der Waals surface area contributed by atoms with E-state index >= 15 is 0 Å². The average molecular weight is 679 g/mol. The van der Waals surface area contributed by atoms with Gasteiger partial charge in [-0.05, 0) is 60.4 Å². The van der Waals surface area contributed by atoms with Gasteiger partial charge in [-0.3, -0.25) is 9.59 Å². The van der Waals surface area contributed by atoms with Crippen molar-refractivity contribution < 1.29 is 33.7 Å². The number of allylic oxidation sites excluding steroid dienone is 13. The minimum Gasteiger partial charge on any atom is -0.504 e. The number of methoxy groups -OCH3 is 2. The Labute approximate surface area is 297 Å². The first-order valence-electron chi connectivity index (χ1n) is 17.0. The van der Waals surface area contributed by atoms with Gasteiger partial charge >= 0.3 is 5.97 Å². The number of hydrogen-bond acceptors (Lipinski definition) is 7. The number of esters is 1. The molecule has 0 radical (unpaired) electrons. The van der Waals surface area contributed by atoms with Crippen LogP contribution in [-0.2, 0) is 14.4 Å². The molecule has 264 valence electrons. The highest BCUT2D eigenvalue weighted by atomic mass is 16.6. The van der Waals surface area contributed by atoms with Crippen LogP contribution in [0.3, 0.4) is 0 Å². The van der Waals surface area contributed by atoms with Gasteiger partial charge in [0.25, 0.3) is 0 Å². The quantitative estimate of drug-likeness (QED) is 0.0312. The molecule has 0 saturated carbocycles. The molecule has 2 aromatic carbocycles. The third-order valence-corrected chi connectivity index (χ3v) is 7.22. The fourth-order valence-electron chi connectivity index (χ4n) is 4.52. The lowest BCUT2D eigenvalue weighted by molar-refractivity contribution is -0.129. The van der Waals surface area contributed by atoms with Gasteiger partial charge in [0.15, 0.2) is 34.6 Å². The molecule has 7 nitrogen and oxygen atoms in total. The lowest BCUT2D eigenvalue weighted by atomic mass is 10.1. The first-order chi connectivity index (χ1) is 24.4. The van der Waals surface area contributed by atoms with Crippen LogP contribution in [0.1, 0.15) is 75.8 Å². The van der Waals surface area contributed by atoms with Crippen molar-refractivity contribution in [1.29, 1.82) is 0 Å². The fourth-order valence-corrected chi connectivity index (χ4v) is 4.52. The zero-order chi connectivity index (χ0) is 36.2. The molecular formula is C43H50O7. The summed E-state index contributed by atoms with van der Waals surface area (Å²) in [4.78, 5) is 36.9. The highest BCUT2D eigenvalue weighted by Crippen LogP contribution is 2.29. The lowest BCUT2D eigenvalue weighted by Crippen LogP contribution is -2.05. The molecule has 0 aliphatic carbocycles. The van der Waals surface area contributed by atoms with Gasteiger partial charge in [0, 0.05) is 6.08 Å². The Morgan fingerprint density at radius 2 is 1.12 bits per heavy atom. The van der Waals surface area contributed by atoms with E-state index in [2.05, 4.69) is 19.1 Å². The molecule has 0 atom stereocenters. The van der Waals surface area contributed by atoms with E-state index in [0.29, 0.717) is 16.9 Å². The van der Waals surface area contributed by atoms with Crippen LogP contribution in [-0.4, -0.2) is 36.9 Å². The lowest BCUT2D eigenvalue weighted by Gasteiger charge is -2.08. The Morgan fingerprint density at radius 3 is 1.72 bits per heavy atom. The normalized spacial score (nSPS) is 12.3. The van der Waals surface area contributed by atoms with Crippen LogP contribution in [0.25, 0.3) is 12.2 Å². The van der Waals surface area contributed by atoms with E-state index in [1.54, 1.807) is 60.7 Å². The summed E-state index contributed by atoms with van der Waals surface area (Å²) in [7, 11) is 2.88. The number of unbranched alkanes of at least 4 members (excludes halogenated alkanes) is 7. The molecule has 0 heterocycles. The van der Waals surface area contributed by atoms with Crippen molar-refractivity contribution in [3.8, 4) is 23.0 Å². The highest BCUT2D eigenvalue weighted by Gasteiger charge is 2.09. The Bertz CT molecular complexity index is 1600. The molecule has 0 aromatic heterocycles. The monoisotopic (exact) mass is 678 g/mol. The number of rotatable bonds is 23. The molecular weight excluding hydrogens is 628 g/mol. The third-order valence-electron chi connectivity index (χ3n) is 7.22. The topological polar surface area (TPSA) is 99.1 Å². The smallest absolute Gasteiger partial charge is 0.336 e. The van der Waals surface area contributed by atoms with E-state index in [0.717, 1.165) is 6.42 Å². The molecule has 2 rings (SSSR count). The molecule has 0 saturated heterocycles. The Kier molecular flexibility index (Phi) is 20.8. The van der Waals surface area contributed by atoms with E-state index in [4.69, 9.17) is 14.2 Å². The van der Waals surface area contributed by atoms with Crippen LogP contribution in [0.2, 0.25) is 0 Å². The molecule has 50 heavy (non-hydrogen) atoms. The van der Waals surface area contributed by atoms with Crippen LogP contribution in [0.15, 0.2) is 121 Å². The molecule has 7 heteroatoms. The van der Waals surface area contributed by atoms with Crippen molar-refractivity contribution in [2.45, 2.75) is 64.7 Å². The number of phenols is 1. The van der Waals surface area contributed by atoms with Gasteiger partial charge in [-0.1, -0.05) is 137 Å². The summed E-state index contributed by atoms with van der Waals surface area (Å²) in [6, 6.07) is 9.52. The molecule has 0 spiro atoms. The number of ether oxygens (including phenoxy) is 3. The summed E-state index contributed by atoms with van der Waals surface area (Å²) in [6.45, 7) is 2.25. The van der Waals surface area contributed by atoms with E-state index in [9.17, 15) is 19.5 Å². The van der Waals surface area contributed by atoms with E-state index in [-0.39, 0.29) is 35.2 Å². The molecule has 0 fully saturated rings. The Morgan fingerprint density at radius 1 is 0.600 bits per heavy atom. The molecule has 0 amide bonds. The van der Waals surface area contributed by atoms with Crippen molar-refractivity contribution in [1.82, 2.24) is 0 Å². The number of hydrogen-bond donors (Lipinski definition) is 1. The van der Waals surface area contributed by atoms with E-state index < -0.39 is 5.97 Å². The van der Waals surface area contributed by atoms with Crippen LogP contribution < -0.4 is 14.2 Å². The minimum atomic E-state index is -0.572. The third kappa shape index (κ3) is 18.2. The predicted molar refractivity (Wildman–Crippen MR) is 203 cm³/mol. The number of carbonyl (C=O) groups is 3. The maximum absolute atomic E-state index is 12.3. The van der Waals surface area contributed by atoms with Crippen molar-refractivity contribution in [3.63, 3.8) is 0 Å². The van der Waals surface area contributed by atoms with Crippen LogP contribution in [0, 0.1) is 0 Å². The van der Waals surface area contributed by atoms with Gasteiger partial charge in [0.05, 0.1) is 20.6 Å². The number of phenolic OH excluding ortho intramolecular Hbond substituents is 1. The number of carbonyl (C=O) groups excluding carboxylic acids is 3. The first kappa shape index (κ1) is 40.7. The van der Waals surface area contributed by atoms with Crippen LogP contribution in [0.5, 0.6) is 23.0 Å². The molecule has 1 N–H and O–H groups in total. The minimum absolute atomic E-state index is 0.00684. The maximum atomic E-state index is 12.3. The standard InChI is InChI=1S/C43H50O7/c1-4-5-6-7-8-9-10-11-12-13-14-15-16-17-18-19-20-21-22-23-43(47)50-40-31-27-36(33-42(40)49-3)25-29-38(45)34-37(44)28-24-35-26-30-39(46)41(32-35)48-2/h12-33,46H,4-11,34H2,1-3H3. The summed E-state index contributed by atoms with van der Waals surface area (Å²) in [6.07, 6.45) is 38.2. The largest absolute Gasteiger partial charge is 0.504 e. The molecule has 0 aliphatic rings. The second-order valence-corrected chi connectivity index (χ2v) is 11.3. The number of aromatic hydroxyl groups is 1. The van der Waals surface area contributed by atoms with Gasteiger partial charge < -0.3 is 19.3 Å². The molecule has 0 bridgehead atoms. The predicted octanol–water partition coefficient (Wildman–Crippen LogP) is 10.0. The van der Waals surface area contributed by atoms with Crippen molar-refractivity contribution in [2.75, 3.05) is 14.2 Å². The zero-order valence-electron chi connectivity index (χ0n) is 29.5. The van der Waals surface area contributed by atoms with Gasteiger partial charge in [-0.25, -0.2) is 4.79 Å². The fraction of sp³-hybridized carbons (Fsp3) is 0.279. The van der Waals surface area contributed by atoms with Crippen molar-refractivity contribution >= 4 is 29.7 Å². The van der Waals surface area contributed by atoms with Crippen LogP contribution >= 0.6 is 0 Å². The number of benzene rings is 2. The Balaban J connectivity index is 1.73. The molecule has 2 aromatic rings. The Hall–Kier alpha value is -5.43. The summed E-state index contributed by atoms with van der Waals surface area (Å²) in [5.74, 6) is -0.505. The van der Waals surface area contributed by atoms with E-state index in [1.807, 2.05) is 36.5 Å². The summed E-state index contributed by atoms with van der Waals surface area (Å²) >= 11 is 0. The maximum Gasteiger partial charge on any atom is 0.336 e. The first-order valence-corrected chi connectivity index (χ1v) is 17.0. The van der Waals surface area contributed by atoms with Gasteiger partial charge in [0.2, 0.25) is 0 Å². The molecule has 0 unspecified atom stereocenters. The van der Waals surface area contributed by atoms with Crippen molar-refractivity contribution in [2.24, 2.45) is 0 Å².